The summed E-state index contributed by atoms with van der Waals surface area (Å²) in [4.78, 5) is 10.8. The minimum absolute atomic E-state index is 0.0487. The lowest BCUT2D eigenvalue weighted by molar-refractivity contribution is -0.149. The minimum atomic E-state index is -0.147. The van der Waals surface area contributed by atoms with Crippen LogP contribution in [0.2, 0.25) is 0 Å². The Kier molecular flexibility index (Phi) is 5.72. The molecule has 0 saturated heterocycles. The first kappa shape index (κ1) is 11.4. The molecule has 12 heavy (non-hydrogen) atoms. The van der Waals surface area contributed by atoms with Gasteiger partial charge < -0.3 is 9.47 Å². The second-order valence-corrected chi connectivity index (χ2v) is 2.94. The first-order valence-electron chi connectivity index (χ1n) is 4.32. The van der Waals surface area contributed by atoms with Gasteiger partial charge in [-0.2, -0.15) is 0 Å². The first-order valence-corrected chi connectivity index (χ1v) is 4.32. The van der Waals surface area contributed by atoms with E-state index in [1.165, 1.54) is 0 Å². The number of methoxy groups -OCH3 is 1. The molecule has 0 saturated carbocycles. The van der Waals surface area contributed by atoms with E-state index < -0.39 is 0 Å². The van der Waals surface area contributed by atoms with Gasteiger partial charge in [0.2, 0.25) is 0 Å². The lowest BCUT2D eigenvalue weighted by atomic mass is 10.2. The number of hydrogen-bond donors (Lipinski definition) is 0. The van der Waals surface area contributed by atoms with Gasteiger partial charge in [0, 0.05) is 20.0 Å². The summed E-state index contributed by atoms with van der Waals surface area (Å²) < 4.78 is 10.1. The molecular weight excluding hydrogens is 156 g/mol. The van der Waals surface area contributed by atoms with Crippen molar-refractivity contribution in [1.82, 2.24) is 0 Å². The fourth-order valence-electron chi connectivity index (χ4n) is 0.919. The van der Waals surface area contributed by atoms with Gasteiger partial charge in [-0.25, -0.2) is 0 Å². The second kappa shape index (κ2) is 6.00. The van der Waals surface area contributed by atoms with Crippen molar-refractivity contribution in [2.75, 3.05) is 7.11 Å². The van der Waals surface area contributed by atoms with Crippen molar-refractivity contribution in [3.63, 3.8) is 0 Å². The number of esters is 1. The summed E-state index contributed by atoms with van der Waals surface area (Å²) in [5.74, 6) is -0.147. The fraction of sp³-hybridized carbons (Fsp3) is 0.889. The Morgan fingerprint density at radius 3 is 2.33 bits per heavy atom. The lowest BCUT2D eigenvalue weighted by Gasteiger charge is -2.16. The summed E-state index contributed by atoms with van der Waals surface area (Å²) in [6.45, 7) is 5.62. The topological polar surface area (TPSA) is 35.5 Å². The van der Waals surface area contributed by atoms with Crippen molar-refractivity contribution in [3.05, 3.63) is 0 Å². The highest BCUT2D eigenvalue weighted by molar-refractivity contribution is 5.69. The number of ether oxygens (including phenoxy) is 2. The van der Waals surface area contributed by atoms with Crippen molar-refractivity contribution >= 4 is 5.97 Å². The summed E-state index contributed by atoms with van der Waals surface area (Å²) in [6.07, 6.45) is 1.28. The Balaban J connectivity index is 3.58. The van der Waals surface area contributed by atoms with Crippen LogP contribution < -0.4 is 0 Å². The van der Waals surface area contributed by atoms with Crippen LogP contribution in [0.5, 0.6) is 0 Å². The molecule has 0 aromatic rings. The van der Waals surface area contributed by atoms with Crippen LogP contribution in [0.3, 0.4) is 0 Å². The highest BCUT2D eigenvalue weighted by Gasteiger charge is 2.11. The highest BCUT2D eigenvalue weighted by atomic mass is 16.5. The molecule has 0 bridgehead atoms. The molecule has 0 aliphatic heterocycles. The zero-order valence-electron chi connectivity index (χ0n) is 8.29. The maximum Gasteiger partial charge on any atom is 0.305 e. The molecule has 2 unspecified atom stereocenters. The lowest BCUT2D eigenvalue weighted by Crippen LogP contribution is -2.20. The maximum absolute atomic E-state index is 10.8. The molecule has 0 radical (unpaired) electrons. The van der Waals surface area contributed by atoms with Gasteiger partial charge in [-0.15, -0.1) is 0 Å². The van der Waals surface area contributed by atoms with Crippen LogP contribution in [0.1, 0.15) is 33.6 Å². The van der Waals surface area contributed by atoms with Crippen LogP contribution in [0.15, 0.2) is 0 Å². The molecule has 3 nitrogen and oxygen atoms in total. The third kappa shape index (κ3) is 5.13. The fourth-order valence-corrected chi connectivity index (χ4v) is 0.919. The standard InChI is InChI=1S/C9H18O3/c1-5-9(10)12-8(3)6-7(2)11-4/h7-8H,5-6H2,1-4H3. The van der Waals surface area contributed by atoms with Gasteiger partial charge in [0.15, 0.2) is 0 Å². The van der Waals surface area contributed by atoms with Crippen molar-refractivity contribution in [1.29, 1.82) is 0 Å². The normalized spacial score (nSPS) is 15.3. The van der Waals surface area contributed by atoms with Gasteiger partial charge in [-0.3, -0.25) is 4.79 Å². The Morgan fingerprint density at radius 1 is 1.33 bits per heavy atom. The van der Waals surface area contributed by atoms with Gasteiger partial charge in [0.05, 0.1) is 6.10 Å². The predicted octanol–water partition coefficient (Wildman–Crippen LogP) is 1.75. The summed E-state index contributed by atoms with van der Waals surface area (Å²) in [6, 6.07) is 0. The van der Waals surface area contributed by atoms with E-state index in [4.69, 9.17) is 9.47 Å². The van der Waals surface area contributed by atoms with E-state index in [2.05, 4.69) is 0 Å². The molecule has 72 valence electrons. The molecule has 0 rings (SSSR count). The van der Waals surface area contributed by atoms with E-state index in [1.54, 1.807) is 14.0 Å². The molecule has 0 N–H and O–H groups in total. The third-order valence-corrected chi connectivity index (χ3v) is 1.69. The molecule has 0 amide bonds. The van der Waals surface area contributed by atoms with E-state index in [-0.39, 0.29) is 18.2 Å². The summed E-state index contributed by atoms with van der Waals surface area (Å²) in [7, 11) is 1.65. The largest absolute Gasteiger partial charge is 0.463 e. The SMILES string of the molecule is CCC(=O)OC(C)CC(C)OC. The summed E-state index contributed by atoms with van der Waals surface area (Å²) in [5.41, 5.74) is 0. The maximum atomic E-state index is 10.8. The van der Waals surface area contributed by atoms with Crippen LogP contribution in [-0.4, -0.2) is 25.3 Å². The number of carbonyl (C=O) groups is 1. The van der Waals surface area contributed by atoms with Crippen LogP contribution in [0.4, 0.5) is 0 Å². The highest BCUT2D eigenvalue weighted by Crippen LogP contribution is 2.05. The molecular formula is C9H18O3. The van der Waals surface area contributed by atoms with Crippen molar-refractivity contribution in [2.45, 2.75) is 45.8 Å². The van der Waals surface area contributed by atoms with E-state index in [0.717, 1.165) is 6.42 Å². The molecule has 2 atom stereocenters. The van der Waals surface area contributed by atoms with E-state index in [0.29, 0.717) is 6.42 Å². The van der Waals surface area contributed by atoms with E-state index >= 15 is 0 Å². The predicted molar refractivity (Wildman–Crippen MR) is 46.9 cm³/mol. The van der Waals surface area contributed by atoms with Crippen LogP contribution in [0.25, 0.3) is 0 Å². The zero-order valence-corrected chi connectivity index (χ0v) is 8.29. The van der Waals surface area contributed by atoms with Crippen molar-refractivity contribution in [2.24, 2.45) is 0 Å². The van der Waals surface area contributed by atoms with Gasteiger partial charge in [0.25, 0.3) is 0 Å². The number of rotatable bonds is 5. The van der Waals surface area contributed by atoms with E-state index in [9.17, 15) is 4.79 Å². The number of hydrogen-bond acceptors (Lipinski definition) is 3. The first-order chi connectivity index (χ1) is 5.60. The Labute approximate surface area is 74.0 Å². The molecule has 0 aliphatic rings. The quantitative estimate of drug-likeness (QED) is 0.596. The average molecular weight is 174 g/mol. The second-order valence-electron chi connectivity index (χ2n) is 2.94. The Bertz CT molecular complexity index is 134. The molecule has 3 heteroatoms. The molecule has 0 aromatic carbocycles. The average Bonchev–Trinajstić information content (AvgIpc) is 2.03. The minimum Gasteiger partial charge on any atom is -0.463 e. The smallest absolute Gasteiger partial charge is 0.305 e. The summed E-state index contributed by atoms with van der Waals surface area (Å²) in [5, 5.41) is 0. The Morgan fingerprint density at radius 2 is 1.92 bits per heavy atom. The summed E-state index contributed by atoms with van der Waals surface area (Å²) >= 11 is 0. The zero-order chi connectivity index (χ0) is 9.56. The van der Waals surface area contributed by atoms with Crippen molar-refractivity contribution < 1.29 is 14.3 Å². The molecule has 0 aliphatic carbocycles. The number of carbonyl (C=O) groups excluding carboxylic acids is 1. The van der Waals surface area contributed by atoms with Gasteiger partial charge in [-0.05, 0) is 13.8 Å². The molecule has 0 aromatic heterocycles. The monoisotopic (exact) mass is 174 g/mol. The molecule has 0 spiro atoms. The van der Waals surface area contributed by atoms with Gasteiger partial charge in [0.1, 0.15) is 6.10 Å². The third-order valence-electron chi connectivity index (χ3n) is 1.69. The van der Waals surface area contributed by atoms with Crippen molar-refractivity contribution in [3.8, 4) is 0 Å². The van der Waals surface area contributed by atoms with Crippen LogP contribution in [-0.2, 0) is 14.3 Å². The van der Waals surface area contributed by atoms with Gasteiger partial charge in [-0.1, -0.05) is 6.92 Å². The molecule has 0 fully saturated rings. The Hall–Kier alpha value is -0.570. The van der Waals surface area contributed by atoms with E-state index in [1.807, 2.05) is 13.8 Å². The van der Waals surface area contributed by atoms with Crippen LogP contribution in [0, 0.1) is 0 Å². The van der Waals surface area contributed by atoms with Gasteiger partial charge >= 0.3 is 5.97 Å². The molecule has 0 heterocycles. The van der Waals surface area contributed by atoms with Crippen LogP contribution >= 0.6 is 0 Å².